The first-order valence-electron chi connectivity index (χ1n) is 7.47. The first-order valence-corrected chi connectivity index (χ1v) is 7.47. The molecule has 0 unspecified atom stereocenters. The van der Waals surface area contributed by atoms with Crippen LogP contribution in [0.3, 0.4) is 0 Å². The van der Waals surface area contributed by atoms with Crippen molar-refractivity contribution in [2.45, 2.75) is 46.6 Å². The van der Waals surface area contributed by atoms with Gasteiger partial charge in [-0.25, -0.2) is 4.98 Å². The van der Waals surface area contributed by atoms with Crippen molar-refractivity contribution in [2.24, 2.45) is 0 Å². The van der Waals surface area contributed by atoms with E-state index in [1.807, 2.05) is 0 Å². The zero-order valence-electron chi connectivity index (χ0n) is 12.8. The van der Waals surface area contributed by atoms with Gasteiger partial charge in [0, 0.05) is 31.1 Å². The van der Waals surface area contributed by atoms with E-state index >= 15 is 0 Å². The van der Waals surface area contributed by atoms with Crippen molar-refractivity contribution in [3.63, 3.8) is 0 Å². The summed E-state index contributed by atoms with van der Waals surface area (Å²) in [5.41, 5.74) is 6.60. The van der Waals surface area contributed by atoms with Gasteiger partial charge in [0.2, 0.25) is 0 Å². The molecule has 1 aliphatic heterocycles. The summed E-state index contributed by atoms with van der Waals surface area (Å²) in [6.07, 6.45) is 1.06. The second kappa shape index (κ2) is 5.06. The Balaban J connectivity index is 2.26. The number of aromatic nitrogens is 2. The van der Waals surface area contributed by atoms with Gasteiger partial charge in [0.15, 0.2) is 0 Å². The van der Waals surface area contributed by atoms with E-state index in [0.717, 1.165) is 19.5 Å². The Hall–Kier alpha value is -1.61. The molecule has 2 aromatic rings. The van der Waals surface area contributed by atoms with Crippen LogP contribution in [0, 0.1) is 13.8 Å². The molecule has 3 heteroatoms. The number of nitrogens with zero attached hydrogens (tertiary/aromatic N) is 2. The van der Waals surface area contributed by atoms with Gasteiger partial charge in [-0.3, -0.25) is 4.57 Å². The summed E-state index contributed by atoms with van der Waals surface area (Å²) >= 11 is 0. The Labute approximate surface area is 121 Å². The number of rotatable bonds is 2. The number of hydrogen-bond acceptors (Lipinski definition) is 2. The molecule has 0 bridgehead atoms. The van der Waals surface area contributed by atoms with Gasteiger partial charge in [0.25, 0.3) is 0 Å². The molecule has 20 heavy (non-hydrogen) atoms. The summed E-state index contributed by atoms with van der Waals surface area (Å²) in [4.78, 5) is 4.90. The third-order valence-corrected chi connectivity index (χ3v) is 4.25. The second-order valence-electron chi connectivity index (χ2n) is 6.00. The van der Waals surface area contributed by atoms with Crippen molar-refractivity contribution in [1.29, 1.82) is 0 Å². The molecule has 0 aliphatic carbocycles. The molecule has 0 saturated carbocycles. The summed E-state index contributed by atoms with van der Waals surface area (Å²) < 4.78 is 2.41. The molecule has 3 rings (SSSR count). The van der Waals surface area contributed by atoms with E-state index in [9.17, 15) is 0 Å². The molecular weight excluding hydrogens is 246 g/mol. The molecule has 0 spiro atoms. The SMILES string of the molecule is Cc1cccc(-n2c(C(C)C)nc3c2CCNC3)c1C. The second-order valence-corrected chi connectivity index (χ2v) is 6.00. The molecule has 0 fully saturated rings. The van der Waals surface area contributed by atoms with Crippen molar-refractivity contribution < 1.29 is 0 Å². The number of imidazole rings is 1. The lowest BCUT2D eigenvalue weighted by molar-refractivity contribution is 0.619. The zero-order chi connectivity index (χ0) is 14.3. The Bertz CT molecular complexity index is 638. The minimum absolute atomic E-state index is 0.431. The van der Waals surface area contributed by atoms with E-state index in [-0.39, 0.29) is 0 Å². The van der Waals surface area contributed by atoms with E-state index < -0.39 is 0 Å². The van der Waals surface area contributed by atoms with Gasteiger partial charge in [0.1, 0.15) is 5.82 Å². The molecule has 1 aromatic heterocycles. The minimum Gasteiger partial charge on any atom is -0.311 e. The first kappa shape index (κ1) is 13.4. The fourth-order valence-corrected chi connectivity index (χ4v) is 2.97. The van der Waals surface area contributed by atoms with Crippen molar-refractivity contribution in [2.75, 3.05) is 6.54 Å². The number of benzene rings is 1. The molecule has 0 radical (unpaired) electrons. The average Bonchev–Trinajstić information content (AvgIpc) is 2.81. The van der Waals surface area contributed by atoms with Crippen LogP contribution in [0.5, 0.6) is 0 Å². The molecule has 3 nitrogen and oxygen atoms in total. The van der Waals surface area contributed by atoms with Crippen molar-refractivity contribution in [3.8, 4) is 5.69 Å². The van der Waals surface area contributed by atoms with Crippen LogP contribution >= 0.6 is 0 Å². The largest absolute Gasteiger partial charge is 0.311 e. The van der Waals surface area contributed by atoms with Crippen molar-refractivity contribution >= 4 is 0 Å². The van der Waals surface area contributed by atoms with E-state index in [0.29, 0.717) is 5.92 Å². The highest BCUT2D eigenvalue weighted by Crippen LogP contribution is 2.28. The summed E-state index contributed by atoms with van der Waals surface area (Å²) in [5.74, 6) is 1.62. The summed E-state index contributed by atoms with van der Waals surface area (Å²) in [6.45, 7) is 10.8. The summed E-state index contributed by atoms with van der Waals surface area (Å²) in [6, 6.07) is 6.55. The lowest BCUT2D eigenvalue weighted by Gasteiger charge is -2.19. The first-order chi connectivity index (χ1) is 9.59. The van der Waals surface area contributed by atoms with Gasteiger partial charge < -0.3 is 5.32 Å². The molecule has 1 aromatic carbocycles. The minimum atomic E-state index is 0.431. The van der Waals surface area contributed by atoms with Gasteiger partial charge in [-0.15, -0.1) is 0 Å². The van der Waals surface area contributed by atoms with Crippen LogP contribution in [-0.4, -0.2) is 16.1 Å². The summed E-state index contributed by atoms with van der Waals surface area (Å²) in [7, 11) is 0. The fourth-order valence-electron chi connectivity index (χ4n) is 2.97. The van der Waals surface area contributed by atoms with Crippen LogP contribution < -0.4 is 5.32 Å². The van der Waals surface area contributed by atoms with Gasteiger partial charge in [-0.2, -0.15) is 0 Å². The predicted molar refractivity (Wildman–Crippen MR) is 82.5 cm³/mol. The van der Waals surface area contributed by atoms with E-state index in [2.05, 4.69) is 55.8 Å². The Morgan fingerprint density at radius 1 is 1.25 bits per heavy atom. The van der Waals surface area contributed by atoms with Gasteiger partial charge >= 0.3 is 0 Å². The van der Waals surface area contributed by atoms with Crippen molar-refractivity contribution in [3.05, 3.63) is 46.5 Å². The Morgan fingerprint density at radius 2 is 2.05 bits per heavy atom. The standard InChI is InChI=1S/C17H23N3/c1-11(2)17-19-14-10-18-9-8-16(14)20(17)15-7-5-6-12(3)13(15)4/h5-7,11,18H,8-10H2,1-4H3. The van der Waals surface area contributed by atoms with Crippen LogP contribution in [0.4, 0.5) is 0 Å². The smallest absolute Gasteiger partial charge is 0.116 e. The summed E-state index contributed by atoms with van der Waals surface area (Å²) in [5, 5.41) is 3.42. The Kier molecular flexibility index (Phi) is 3.38. The Morgan fingerprint density at radius 3 is 2.80 bits per heavy atom. The van der Waals surface area contributed by atoms with Crippen LogP contribution in [0.2, 0.25) is 0 Å². The maximum atomic E-state index is 4.90. The monoisotopic (exact) mass is 269 g/mol. The van der Waals surface area contributed by atoms with E-state index in [4.69, 9.17) is 4.98 Å². The third-order valence-electron chi connectivity index (χ3n) is 4.25. The molecule has 1 N–H and O–H groups in total. The van der Waals surface area contributed by atoms with Gasteiger partial charge in [-0.1, -0.05) is 26.0 Å². The third kappa shape index (κ3) is 2.06. The molecule has 2 heterocycles. The molecule has 0 amide bonds. The van der Waals surface area contributed by atoms with Crippen LogP contribution in [0.15, 0.2) is 18.2 Å². The lowest BCUT2D eigenvalue weighted by atomic mass is 10.1. The number of nitrogens with one attached hydrogen (secondary N) is 1. The highest BCUT2D eigenvalue weighted by atomic mass is 15.1. The molecule has 106 valence electrons. The molecular formula is C17H23N3. The van der Waals surface area contributed by atoms with Crippen molar-refractivity contribution in [1.82, 2.24) is 14.9 Å². The number of fused-ring (bicyclic) bond motifs is 1. The van der Waals surface area contributed by atoms with E-state index in [1.54, 1.807) is 0 Å². The fraction of sp³-hybridized carbons (Fsp3) is 0.471. The van der Waals surface area contributed by atoms with Crippen LogP contribution in [0.25, 0.3) is 5.69 Å². The molecule has 0 saturated heterocycles. The number of aryl methyl sites for hydroxylation is 1. The van der Waals surface area contributed by atoms with Crippen LogP contribution in [-0.2, 0) is 13.0 Å². The normalized spacial score (nSPS) is 14.7. The topological polar surface area (TPSA) is 29.9 Å². The van der Waals surface area contributed by atoms with Gasteiger partial charge in [-0.05, 0) is 31.0 Å². The maximum Gasteiger partial charge on any atom is 0.116 e. The van der Waals surface area contributed by atoms with Crippen LogP contribution in [0.1, 0.15) is 48.1 Å². The average molecular weight is 269 g/mol. The maximum absolute atomic E-state index is 4.90. The zero-order valence-corrected chi connectivity index (χ0v) is 12.8. The quantitative estimate of drug-likeness (QED) is 0.907. The number of hydrogen-bond donors (Lipinski definition) is 1. The highest BCUT2D eigenvalue weighted by Gasteiger charge is 2.23. The van der Waals surface area contributed by atoms with Gasteiger partial charge in [0.05, 0.1) is 11.4 Å². The molecule has 0 atom stereocenters. The highest BCUT2D eigenvalue weighted by molar-refractivity contribution is 5.48. The molecule has 1 aliphatic rings. The van der Waals surface area contributed by atoms with E-state index in [1.165, 1.54) is 34.0 Å². The lowest BCUT2D eigenvalue weighted by Crippen LogP contribution is -2.25. The predicted octanol–water partition coefficient (Wildman–Crippen LogP) is 3.26.